The number of fused-ring (bicyclic) bond motifs is 5. The largest absolute Gasteiger partial charge is 0.480 e. The first kappa shape index (κ1) is 24.6. The second-order valence-electron chi connectivity index (χ2n) is 11.3. The number of aliphatic hydroxyl groups is 1. The zero-order valence-electron chi connectivity index (χ0n) is 20.0. The molecule has 4 rings (SSSR count). The van der Waals surface area contributed by atoms with Crippen LogP contribution in [0.3, 0.4) is 0 Å². The third-order valence-corrected chi connectivity index (χ3v) is 10.1. The summed E-state index contributed by atoms with van der Waals surface area (Å²) in [5, 5.41) is 26.6. The number of amides is 1. The van der Waals surface area contributed by atoms with E-state index >= 15 is 0 Å². The maximum atomic E-state index is 11.9. The Labute approximate surface area is 201 Å². The molecule has 3 saturated carbocycles. The Balaban J connectivity index is 1.41. The van der Waals surface area contributed by atoms with Crippen LogP contribution >= 0.6 is 12.6 Å². The predicted molar refractivity (Wildman–Crippen MR) is 129 cm³/mol. The molecule has 3 N–H and O–H groups in total. The molecular formula is C25H38N2O5S. The highest BCUT2D eigenvalue weighted by atomic mass is 32.1. The molecule has 8 heteroatoms. The number of hydrogen-bond acceptors (Lipinski definition) is 6. The van der Waals surface area contributed by atoms with Gasteiger partial charge in [-0.1, -0.05) is 24.6 Å². The molecule has 0 aromatic rings. The maximum Gasteiger partial charge on any atom is 0.327 e. The van der Waals surface area contributed by atoms with Crippen molar-refractivity contribution in [1.29, 1.82) is 0 Å². The van der Waals surface area contributed by atoms with Gasteiger partial charge in [0, 0.05) is 5.75 Å². The smallest absolute Gasteiger partial charge is 0.327 e. The second-order valence-corrected chi connectivity index (χ2v) is 11.6. The minimum Gasteiger partial charge on any atom is -0.480 e. The average molecular weight is 479 g/mol. The van der Waals surface area contributed by atoms with Crippen molar-refractivity contribution in [3.8, 4) is 0 Å². The Morgan fingerprint density at radius 2 is 1.91 bits per heavy atom. The molecule has 3 fully saturated rings. The van der Waals surface area contributed by atoms with Crippen molar-refractivity contribution in [2.45, 2.75) is 83.8 Å². The van der Waals surface area contributed by atoms with Crippen molar-refractivity contribution in [2.75, 3.05) is 12.4 Å². The van der Waals surface area contributed by atoms with Gasteiger partial charge in [-0.25, -0.2) is 4.79 Å². The van der Waals surface area contributed by atoms with Crippen LogP contribution in [0.4, 0.5) is 0 Å². The number of thiol groups is 1. The van der Waals surface area contributed by atoms with E-state index in [1.54, 1.807) is 0 Å². The van der Waals surface area contributed by atoms with E-state index in [0.717, 1.165) is 44.2 Å². The quantitative estimate of drug-likeness (QED) is 0.345. The summed E-state index contributed by atoms with van der Waals surface area (Å²) in [6.45, 7) is 6.47. The molecule has 0 aliphatic heterocycles. The number of aliphatic carboxylic acids is 1. The van der Waals surface area contributed by atoms with Crippen molar-refractivity contribution in [3.63, 3.8) is 0 Å². The molecule has 1 amide bonds. The second kappa shape index (κ2) is 8.91. The van der Waals surface area contributed by atoms with E-state index in [4.69, 9.17) is 9.94 Å². The molecular weight excluding hydrogens is 440 g/mol. The van der Waals surface area contributed by atoms with Gasteiger partial charge < -0.3 is 20.4 Å². The average Bonchev–Trinajstić information content (AvgIpc) is 3.01. The fraction of sp³-hybridized carbons (Fsp3) is 0.800. The SMILES string of the molecule is C[C@]12CCC(=NOCC(=O)NC(CS)C(=O)O)C=C1CC[C@@H]1[C@@H]2CC[C@@]2(C)[C@H]1CC[C@]2(C)O. The summed E-state index contributed by atoms with van der Waals surface area (Å²) >= 11 is 3.94. The van der Waals surface area contributed by atoms with Crippen LogP contribution in [0.25, 0.3) is 0 Å². The van der Waals surface area contributed by atoms with Crippen molar-refractivity contribution in [1.82, 2.24) is 5.32 Å². The van der Waals surface area contributed by atoms with Crippen LogP contribution in [-0.2, 0) is 14.4 Å². The summed E-state index contributed by atoms with van der Waals surface area (Å²) in [5.74, 6) is 0.292. The fourth-order valence-corrected chi connectivity index (χ4v) is 7.73. The van der Waals surface area contributed by atoms with Gasteiger partial charge in [-0.05, 0) is 93.0 Å². The Morgan fingerprint density at radius 1 is 1.18 bits per heavy atom. The highest BCUT2D eigenvalue weighted by Gasteiger charge is 2.62. The first-order valence-electron chi connectivity index (χ1n) is 12.3. The molecule has 7 atom stereocenters. The normalized spacial score (nSPS) is 41.9. The third-order valence-electron chi connectivity index (χ3n) is 9.73. The van der Waals surface area contributed by atoms with Crippen LogP contribution in [0.5, 0.6) is 0 Å². The van der Waals surface area contributed by atoms with E-state index < -0.39 is 23.5 Å². The summed E-state index contributed by atoms with van der Waals surface area (Å²) in [4.78, 5) is 28.2. The number of hydrogen-bond donors (Lipinski definition) is 4. The Bertz CT molecular complexity index is 871. The molecule has 4 aliphatic rings. The first-order valence-corrected chi connectivity index (χ1v) is 12.9. The molecule has 33 heavy (non-hydrogen) atoms. The number of carboxylic acid groups (broad SMARTS) is 1. The fourth-order valence-electron chi connectivity index (χ4n) is 7.48. The predicted octanol–water partition coefficient (Wildman–Crippen LogP) is 3.57. The van der Waals surface area contributed by atoms with E-state index in [0.29, 0.717) is 17.8 Å². The number of oxime groups is 1. The maximum absolute atomic E-state index is 11.9. The number of allylic oxidation sites excluding steroid dienone is 2. The number of nitrogens with zero attached hydrogens (tertiary/aromatic N) is 1. The summed E-state index contributed by atoms with van der Waals surface area (Å²) in [7, 11) is 0. The van der Waals surface area contributed by atoms with Gasteiger partial charge in [-0.15, -0.1) is 0 Å². The van der Waals surface area contributed by atoms with E-state index in [1.165, 1.54) is 18.4 Å². The summed E-state index contributed by atoms with van der Waals surface area (Å²) in [6.07, 6.45) is 10.5. The minimum atomic E-state index is -1.12. The monoisotopic (exact) mass is 478 g/mol. The Hall–Kier alpha value is -1.54. The molecule has 0 aromatic heterocycles. The van der Waals surface area contributed by atoms with Gasteiger partial charge in [-0.2, -0.15) is 12.6 Å². The zero-order valence-corrected chi connectivity index (χ0v) is 20.9. The van der Waals surface area contributed by atoms with Crippen LogP contribution < -0.4 is 5.32 Å². The molecule has 4 aliphatic carbocycles. The molecule has 0 radical (unpaired) electrons. The molecule has 1 unspecified atom stereocenters. The van der Waals surface area contributed by atoms with E-state index in [1.807, 2.05) is 6.92 Å². The highest BCUT2D eigenvalue weighted by Crippen LogP contribution is 2.67. The third kappa shape index (κ3) is 4.22. The van der Waals surface area contributed by atoms with E-state index in [2.05, 4.69) is 43.0 Å². The lowest BCUT2D eigenvalue weighted by atomic mass is 9.46. The molecule has 0 bridgehead atoms. The van der Waals surface area contributed by atoms with Gasteiger partial charge in [0.05, 0.1) is 11.3 Å². The standard InChI is InChI=1S/C25H38N2O5S/c1-23-9-6-16(27-32-13-21(28)26-20(14-33)22(29)30)12-15(23)4-5-17-18(23)7-10-24(2)19(17)8-11-25(24,3)31/h12,17-20,31,33H,4-11,13-14H2,1-3H3,(H,26,28)(H,29,30)/t17-,18+,19+,20?,23+,24+,25+/m1/s1. The molecule has 184 valence electrons. The molecule has 0 heterocycles. The summed E-state index contributed by atoms with van der Waals surface area (Å²) < 4.78 is 0. The zero-order chi connectivity index (χ0) is 24.0. The number of carboxylic acids is 1. The molecule has 0 aromatic carbocycles. The van der Waals surface area contributed by atoms with Gasteiger partial charge in [0.25, 0.3) is 5.91 Å². The van der Waals surface area contributed by atoms with Gasteiger partial charge in [0.2, 0.25) is 0 Å². The van der Waals surface area contributed by atoms with Crippen LogP contribution in [0.2, 0.25) is 0 Å². The number of carbonyl (C=O) groups excluding carboxylic acids is 1. The van der Waals surface area contributed by atoms with Crippen LogP contribution in [0.15, 0.2) is 16.8 Å². The molecule has 0 spiro atoms. The van der Waals surface area contributed by atoms with Gasteiger partial charge in [0.1, 0.15) is 6.04 Å². The van der Waals surface area contributed by atoms with E-state index in [-0.39, 0.29) is 23.2 Å². The van der Waals surface area contributed by atoms with Gasteiger partial charge in [0.15, 0.2) is 6.61 Å². The molecule has 7 nitrogen and oxygen atoms in total. The minimum absolute atomic E-state index is 0.0139. The van der Waals surface area contributed by atoms with Crippen molar-refractivity contribution in [2.24, 2.45) is 33.7 Å². The van der Waals surface area contributed by atoms with Crippen molar-refractivity contribution >= 4 is 30.2 Å². The number of carbonyl (C=O) groups is 2. The Kier molecular flexibility index (Phi) is 6.64. The van der Waals surface area contributed by atoms with Gasteiger partial charge in [-0.3, -0.25) is 4.79 Å². The topological polar surface area (TPSA) is 108 Å². The highest BCUT2D eigenvalue weighted by molar-refractivity contribution is 7.80. The van der Waals surface area contributed by atoms with Crippen LogP contribution in [0, 0.1) is 28.6 Å². The Morgan fingerprint density at radius 3 is 2.61 bits per heavy atom. The van der Waals surface area contributed by atoms with Crippen molar-refractivity contribution < 1.29 is 24.6 Å². The van der Waals surface area contributed by atoms with Crippen LogP contribution in [0.1, 0.15) is 72.1 Å². The molecule has 0 saturated heterocycles. The first-order chi connectivity index (χ1) is 15.5. The number of rotatable bonds is 6. The summed E-state index contributed by atoms with van der Waals surface area (Å²) in [5.41, 5.74) is 1.94. The van der Waals surface area contributed by atoms with Gasteiger partial charge >= 0.3 is 5.97 Å². The van der Waals surface area contributed by atoms with Crippen LogP contribution in [-0.4, -0.2) is 51.8 Å². The summed E-state index contributed by atoms with van der Waals surface area (Å²) in [6, 6.07) is -1.04. The van der Waals surface area contributed by atoms with Crippen molar-refractivity contribution in [3.05, 3.63) is 11.6 Å². The number of nitrogens with one attached hydrogen (secondary N) is 1. The van der Waals surface area contributed by atoms with E-state index in [9.17, 15) is 14.7 Å². The lowest BCUT2D eigenvalue weighted by Gasteiger charge is -2.59. The lowest BCUT2D eigenvalue weighted by molar-refractivity contribution is -0.141. The lowest BCUT2D eigenvalue weighted by Crippen LogP contribution is -2.53.